The molecular weight excluding hydrogens is 195 g/mol. The molecule has 0 atom stereocenters. The zero-order valence-corrected chi connectivity index (χ0v) is 8.49. The van der Waals surface area contributed by atoms with Gasteiger partial charge in [-0.2, -0.15) is 13.2 Å². The highest BCUT2D eigenvalue weighted by atomic mass is 19.4. The van der Waals surface area contributed by atoms with Crippen molar-refractivity contribution in [3.8, 4) is 0 Å². The van der Waals surface area contributed by atoms with Crippen LogP contribution in [0.25, 0.3) is 0 Å². The van der Waals surface area contributed by atoms with Crippen LogP contribution in [0.4, 0.5) is 13.2 Å². The van der Waals surface area contributed by atoms with Crippen molar-refractivity contribution in [2.75, 3.05) is 26.8 Å². The van der Waals surface area contributed by atoms with Gasteiger partial charge in [-0.3, -0.25) is 0 Å². The van der Waals surface area contributed by atoms with Gasteiger partial charge in [0, 0.05) is 6.61 Å². The second-order valence-electron chi connectivity index (χ2n) is 3.19. The fourth-order valence-electron chi connectivity index (χ4n) is 1.05. The lowest BCUT2D eigenvalue weighted by Gasteiger charge is -2.07. The van der Waals surface area contributed by atoms with E-state index in [-0.39, 0.29) is 6.61 Å². The van der Waals surface area contributed by atoms with E-state index in [0.29, 0.717) is 6.42 Å². The Bertz CT molecular complexity index is 128. The van der Waals surface area contributed by atoms with E-state index < -0.39 is 12.8 Å². The van der Waals surface area contributed by atoms with Gasteiger partial charge >= 0.3 is 6.18 Å². The maximum atomic E-state index is 11.6. The molecule has 0 spiro atoms. The van der Waals surface area contributed by atoms with Crippen molar-refractivity contribution in [1.29, 1.82) is 0 Å². The third-order valence-corrected chi connectivity index (χ3v) is 1.73. The zero-order chi connectivity index (χ0) is 10.9. The number of rotatable bonds is 8. The molecule has 0 aromatic heterocycles. The van der Waals surface area contributed by atoms with Crippen LogP contribution in [0.15, 0.2) is 0 Å². The minimum absolute atomic E-state index is 0.207. The zero-order valence-electron chi connectivity index (χ0n) is 8.49. The predicted molar refractivity (Wildman–Crippen MR) is 49.3 cm³/mol. The number of nitrogens with one attached hydrogen (secondary N) is 1. The van der Waals surface area contributed by atoms with Crippen LogP contribution in [-0.2, 0) is 4.74 Å². The Hall–Kier alpha value is -0.290. The van der Waals surface area contributed by atoms with E-state index in [4.69, 9.17) is 0 Å². The van der Waals surface area contributed by atoms with Gasteiger partial charge in [0.15, 0.2) is 0 Å². The molecule has 14 heavy (non-hydrogen) atoms. The molecule has 0 rings (SSSR count). The molecule has 2 nitrogen and oxygen atoms in total. The average Bonchev–Trinajstić information content (AvgIpc) is 2.08. The maximum Gasteiger partial charge on any atom is 0.411 e. The molecule has 0 aromatic rings. The van der Waals surface area contributed by atoms with Gasteiger partial charge in [-0.25, -0.2) is 0 Å². The molecule has 0 amide bonds. The van der Waals surface area contributed by atoms with Gasteiger partial charge < -0.3 is 10.1 Å². The molecule has 0 aliphatic heterocycles. The van der Waals surface area contributed by atoms with Gasteiger partial charge in [0.05, 0.1) is 0 Å². The number of hydrogen-bond acceptors (Lipinski definition) is 2. The summed E-state index contributed by atoms with van der Waals surface area (Å²) in [5.41, 5.74) is 0. The summed E-state index contributed by atoms with van der Waals surface area (Å²) in [5, 5.41) is 3.01. The van der Waals surface area contributed by atoms with Gasteiger partial charge in [-0.15, -0.1) is 0 Å². The molecule has 0 radical (unpaired) electrons. The topological polar surface area (TPSA) is 21.3 Å². The summed E-state index contributed by atoms with van der Waals surface area (Å²) in [5.74, 6) is 0. The summed E-state index contributed by atoms with van der Waals surface area (Å²) in [4.78, 5) is 0. The predicted octanol–water partition coefficient (Wildman–Crippen LogP) is 2.35. The van der Waals surface area contributed by atoms with Crippen LogP contribution in [0.1, 0.15) is 25.7 Å². The van der Waals surface area contributed by atoms with Crippen LogP contribution in [0, 0.1) is 0 Å². The average molecular weight is 213 g/mol. The molecule has 0 saturated carbocycles. The molecule has 1 N–H and O–H groups in total. The summed E-state index contributed by atoms with van der Waals surface area (Å²) in [6.45, 7) is 0.0476. The summed E-state index contributed by atoms with van der Waals surface area (Å²) in [6, 6.07) is 0. The molecule has 5 heteroatoms. The Balaban J connectivity index is 2.99. The monoisotopic (exact) mass is 213 g/mol. The van der Waals surface area contributed by atoms with Gasteiger partial charge in [0.1, 0.15) is 6.61 Å². The lowest BCUT2D eigenvalue weighted by Crippen LogP contribution is -2.17. The van der Waals surface area contributed by atoms with E-state index >= 15 is 0 Å². The normalized spacial score (nSPS) is 12.0. The molecule has 0 aliphatic rings. The van der Waals surface area contributed by atoms with E-state index in [9.17, 15) is 13.2 Å². The fourth-order valence-corrected chi connectivity index (χ4v) is 1.05. The fraction of sp³-hybridized carbons (Fsp3) is 1.00. The van der Waals surface area contributed by atoms with Crippen LogP contribution in [0.5, 0.6) is 0 Å². The van der Waals surface area contributed by atoms with Crippen molar-refractivity contribution < 1.29 is 17.9 Å². The van der Waals surface area contributed by atoms with Crippen molar-refractivity contribution >= 4 is 0 Å². The molecule has 0 saturated heterocycles. The SMILES string of the molecule is CNCCCCCCOCC(F)(F)F. The summed E-state index contributed by atoms with van der Waals surface area (Å²) in [6.07, 6.45) is -0.447. The lowest BCUT2D eigenvalue weighted by atomic mass is 10.2. The number of hydrogen-bond donors (Lipinski definition) is 1. The van der Waals surface area contributed by atoms with Crippen molar-refractivity contribution in [2.24, 2.45) is 0 Å². The summed E-state index contributed by atoms with van der Waals surface area (Å²) in [7, 11) is 1.88. The van der Waals surface area contributed by atoms with Crippen molar-refractivity contribution in [2.45, 2.75) is 31.9 Å². The first-order valence-electron chi connectivity index (χ1n) is 4.85. The molecule has 86 valence electrons. The highest BCUT2D eigenvalue weighted by molar-refractivity contribution is 4.48. The first-order valence-corrected chi connectivity index (χ1v) is 4.85. The van der Waals surface area contributed by atoms with E-state index in [1.165, 1.54) is 0 Å². The second kappa shape index (κ2) is 8.05. The molecule has 0 unspecified atom stereocenters. The highest BCUT2D eigenvalue weighted by Gasteiger charge is 2.26. The third kappa shape index (κ3) is 11.7. The largest absolute Gasteiger partial charge is 0.411 e. The Morgan fingerprint density at radius 2 is 1.71 bits per heavy atom. The molecule has 0 heterocycles. The van der Waals surface area contributed by atoms with Gasteiger partial charge in [0.2, 0.25) is 0 Å². The Morgan fingerprint density at radius 3 is 2.29 bits per heavy atom. The number of ether oxygens (including phenoxy) is 1. The summed E-state index contributed by atoms with van der Waals surface area (Å²) < 4.78 is 39.3. The van der Waals surface area contributed by atoms with Gasteiger partial charge in [-0.05, 0) is 26.4 Å². The van der Waals surface area contributed by atoms with Crippen LogP contribution in [-0.4, -0.2) is 33.0 Å². The first-order chi connectivity index (χ1) is 6.56. The number of alkyl halides is 3. The Kier molecular flexibility index (Phi) is 7.89. The van der Waals surface area contributed by atoms with Crippen LogP contribution >= 0.6 is 0 Å². The van der Waals surface area contributed by atoms with Crippen molar-refractivity contribution in [1.82, 2.24) is 5.32 Å². The number of halogens is 3. The third-order valence-electron chi connectivity index (χ3n) is 1.73. The smallest absolute Gasteiger partial charge is 0.372 e. The quantitative estimate of drug-likeness (QED) is 0.625. The summed E-state index contributed by atoms with van der Waals surface area (Å²) >= 11 is 0. The van der Waals surface area contributed by atoms with Crippen LogP contribution in [0.2, 0.25) is 0 Å². The van der Waals surface area contributed by atoms with Crippen molar-refractivity contribution in [3.63, 3.8) is 0 Å². The van der Waals surface area contributed by atoms with Gasteiger partial charge in [0.25, 0.3) is 0 Å². The minimum Gasteiger partial charge on any atom is -0.372 e. The Morgan fingerprint density at radius 1 is 1.07 bits per heavy atom. The highest BCUT2D eigenvalue weighted by Crippen LogP contribution is 2.14. The first kappa shape index (κ1) is 13.7. The molecule has 0 fully saturated rings. The van der Waals surface area contributed by atoms with Gasteiger partial charge in [-0.1, -0.05) is 12.8 Å². The maximum absolute atomic E-state index is 11.6. The van der Waals surface area contributed by atoms with Crippen LogP contribution < -0.4 is 5.32 Å². The minimum atomic E-state index is -4.19. The van der Waals surface area contributed by atoms with E-state index in [2.05, 4.69) is 10.1 Å². The molecule has 0 aliphatic carbocycles. The van der Waals surface area contributed by atoms with Crippen molar-refractivity contribution in [3.05, 3.63) is 0 Å². The lowest BCUT2D eigenvalue weighted by molar-refractivity contribution is -0.174. The molecular formula is C9H18F3NO. The van der Waals surface area contributed by atoms with E-state index in [1.54, 1.807) is 0 Å². The molecule has 0 aromatic carbocycles. The number of unbranched alkanes of at least 4 members (excludes halogenated alkanes) is 3. The van der Waals surface area contributed by atoms with Crippen LogP contribution in [0.3, 0.4) is 0 Å². The second-order valence-corrected chi connectivity index (χ2v) is 3.19. The standard InChI is InChI=1S/C9H18F3NO/c1-13-6-4-2-3-5-7-14-8-9(10,11)12/h13H,2-8H2,1H3. The van der Waals surface area contributed by atoms with E-state index in [0.717, 1.165) is 25.8 Å². The Labute approximate surface area is 82.8 Å². The molecule has 0 bridgehead atoms. The van der Waals surface area contributed by atoms with E-state index in [1.807, 2.05) is 7.05 Å².